The van der Waals surface area contributed by atoms with E-state index in [0.29, 0.717) is 5.69 Å². The molecule has 0 aliphatic heterocycles. The fraction of sp³-hybridized carbons (Fsp3) is 0.320. The van der Waals surface area contributed by atoms with E-state index in [4.69, 9.17) is 10.5 Å². The minimum absolute atomic E-state index is 0.0278. The number of nitrogens with zero attached hydrogens (tertiary/aromatic N) is 2. The second-order valence-corrected chi connectivity index (χ2v) is 10.9. The van der Waals surface area contributed by atoms with Crippen LogP contribution in [0.5, 0.6) is 5.88 Å². The zero-order chi connectivity index (χ0) is 26.7. The molecule has 11 heteroatoms. The first-order valence-electron chi connectivity index (χ1n) is 11.2. The van der Waals surface area contributed by atoms with Crippen LogP contribution in [-0.2, 0) is 10.0 Å². The Hall–Kier alpha value is -3.54. The van der Waals surface area contributed by atoms with Crippen LogP contribution in [-0.4, -0.2) is 52.8 Å². The van der Waals surface area contributed by atoms with Crippen LogP contribution in [0.4, 0.5) is 5.95 Å². The Labute approximate surface area is 210 Å². The van der Waals surface area contributed by atoms with Gasteiger partial charge in [-0.25, -0.2) is 22.9 Å². The van der Waals surface area contributed by atoms with Gasteiger partial charge in [-0.05, 0) is 63.4 Å². The fourth-order valence-corrected chi connectivity index (χ4v) is 4.75. The van der Waals surface area contributed by atoms with Gasteiger partial charge in [-0.3, -0.25) is 0 Å². The van der Waals surface area contributed by atoms with Gasteiger partial charge >= 0.3 is 5.97 Å². The Bertz CT molecular complexity index is 1350. The average molecular weight is 515 g/mol. The van der Waals surface area contributed by atoms with E-state index < -0.39 is 27.6 Å². The van der Waals surface area contributed by atoms with Gasteiger partial charge in [0.2, 0.25) is 11.8 Å². The number of anilines is 1. The molecule has 0 aliphatic rings. The van der Waals surface area contributed by atoms with E-state index in [9.17, 15) is 23.4 Å². The zero-order valence-corrected chi connectivity index (χ0v) is 21.3. The van der Waals surface area contributed by atoms with Crippen LogP contribution in [0.15, 0.2) is 53.4 Å². The third-order valence-corrected chi connectivity index (χ3v) is 6.59. The van der Waals surface area contributed by atoms with Gasteiger partial charge in [0.05, 0.1) is 21.8 Å². The quantitative estimate of drug-likeness (QED) is 0.318. The predicted octanol–water partition coefficient (Wildman–Crippen LogP) is 3.13. The monoisotopic (exact) mass is 514 g/mol. The van der Waals surface area contributed by atoms with Crippen LogP contribution >= 0.6 is 0 Å². The fourth-order valence-electron chi connectivity index (χ4n) is 3.76. The molecule has 192 valence electrons. The lowest BCUT2D eigenvalue weighted by molar-refractivity contribution is 0.0570. The number of aromatic carboxylic acids is 1. The maximum atomic E-state index is 13.0. The molecule has 1 atom stereocenters. The Morgan fingerprint density at radius 3 is 2.36 bits per heavy atom. The molecule has 0 spiro atoms. The summed E-state index contributed by atoms with van der Waals surface area (Å²) < 4.78 is 34.1. The van der Waals surface area contributed by atoms with Gasteiger partial charge in [0, 0.05) is 17.7 Å². The number of carboxylic acids is 1. The molecule has 36 heavy (non-hydrogen) atoms. The third kappa shape index (κ3) is 7.00. The molecule has 0 bridgehead atoms. The molecule has 0 amide bonds. The summed E-state index contributed by atoms with van der Waals surface area (Å²) in [4.78, 5) is 19.6. The van der Waals surface area contributed by atoms with E-state index in [1.54, 1.807) is 19.9 Å². The number of ether oxygens (including phenoxy) is 1. The van der Waals surface area contributed by atoms with Gasteiger partial charge in [0.25, 0.3) is 10.0 Å². The molecule has 2 aromatic carbocycles. The number of hydrogen-bond acceptors (Lipinski definition) is 8. The van der Waals surface area contributed by atoms with Crippen molar-refractivity contribution in [3.63, 3.8) is 0 Å². The van der Waals surface area contributed by atoms with Crippen molar-refractivity contribution < 1.29 is 28.2 Å². The van der Waals surface area contributed by atoms with E-state index in [0.717, 1.165) is 22.8 Å². The minimum atomic E-state index is -4.21. The van der Waals surface area contributed by atoms with E-state index in [-0.39, 0.29) is 35.3 Å². The summed E-state index contributed by atoms with van der Waals surface area (Å²) in [6.07, 6.45) is 0.279. The number of hydrogen-bond donors (Lipinski definition) is 4. The molecule has 3 aromatic rings. The Morgan fingerprint density at radius 2 is 1.75 bits per heavy atom. The number of sulfonamides is 1. The van der Waals surface area contributed by atoms with Crippen LogP contribution in [0.1, 0.15) is 41.8 Å². The van der Waals surface area contributed by atoms with Crippen molar-refractivity contribution >= 4 is 21.9 Å². The van der Waals surface area contributed by atoms with Gasteiger partial charge in [-0.1, -0.05) is 24.3 Å². The predicted molar refractivity (Wildman–Crippen MR) is 136 cm³/mol. The number of aromatic nitrogens is 2. The SMILES string of the molecule is Cc1cccc(C)c1-c1cc(OCC(N)CC(C)(C)O)nc(NS(=O)(=O)c2cccc(C(=O)O)c2)n1. The van der Waals surface area contributed by atoms with Gasteiger partial charge in [-0.2, -0.15) is 4.98 Å². The van der Waals surface area contributed by atoms with E-state index >= 15 is 0 Å². The maximum Gasteiger partial charge on any atom is 0.335 e. The molecule has 5 N–H and O–H groups in total. The number of rotatable bonds is 10. The molecule has 0 radical (unpaired) electrons. The van der Waals surface area contributed by atoms with Crippen molar-refractivity contribution in [2.75, 3.05) is 11.3 Å². The first-order chi connectivity index (χ1) is 16.7. The van der Waals surface area contributed by atoms with E-state index in [2.05, 4.69) is 14.7 Å². The number of aryl methyl sites for hydroxylation is 2. The standard InChI is InChI=1S/C25H30N4O6S/c1-15-7-5-8-16(2)22(15)20-12-21(35-14-18(26)13-25(3,4)32)28-24(27-20)29-36(33,34)19-10-6-9-17(11-19)23(30)31/h5-12,18,32H,13-14,26H2,1-4H3,(H,30,31)(H,27,28,29). The molecule has 0 fully saturated rings. The summed E-state index contributed by atoms with van der Waals surface area (Å²) in [5.74, 6) is -1.41. The number of nitrogens with one attached hydrogen (secondary N) is 1. The lowest BCUT2D eigenvalue weighted by Gasteiger charge is -2.22. The van der Waals surface area contributed by atoms with Crippen molar-refractivity contribution in [3.8, 4) is 17.1 Å². The van der Waals surface area contributed by atoms with Gasteiger partial charge in [-0.15, -0.1) is 0 Å². The number of carboxylic acid groups (broad SMARTS) is 1. The van der Waals surface area contributed by atoms with Crippen LogP contribution in [0.3, 0.4) is 0 Å². The number of nitrogens with two attached hydrogens (primary N) is 1. The van der Waals surface area contributed by atoms with Crippen molar-refractivity contribution in [2.45, 2.75) is 50.7 Å². The molecule has 10 nitrogen and oxygen atoms in total. The summed E-state index contributed by atoms with van der Waals surface area (Å²) >= 11 is 0. The lowest BCUT2D eigenvalue weighted by atomic mass is 10.00. The van der Waals surface area contributed by atoms with Crippen LogP contribution < -0.4 is 15.2 Å². The Kier molecular flexibility index (Phi) is 7.97. The Morgan fingerprint density at radius 1 is 1.11 bits per heavy atom. The molecule has 1 unspecified atom stereocenters. The summed E-state index contributed by atoms with van der Waals surface area (Å²) in [5.41, 5.74) is 7.98. The minimum Gasteiger partial charge on any atom is -0.478 e. The first-order valence-corrected chi connectivity index (χ1v) is 12.7. The van der Waals surface area contributed by atoms with E-state index in [1.807, 2.05) is 32.0 Å². The molecular weight excluding hydrogens is 484 g/mol. The molecule has 0 aliphatic carbocycles. The summed E-state index contributed by atoms with van der Waals surface area (Å²) in [5, 5.41) is 19.2. The highest BCUT2D eigenvalue weighted by Gasteiger charge is 2.21. The Balaban J connectivity index is 2.00. The number of benzene rings is 2. The van der Waals surface area contributed by atoms with Crippen LogP contribution in [0, 0.1) is 13.8 Å². The molecule has 1 aromatic heterocycles. The molecule has 1 heterocycles. The van der Waals surface area contributed by atoms with Crippen molar-refractivity contribution in [2.24, 2.45) is 5.73 Å². The summed E-state index contributed by atoms with van der Waals surface area (Å²) in [6.45, 7) is 7.13. The zero-order valence-electron chi connectivity index (χ0n) is 20.5. The molecule has 3 rings (SSSR count). The number of carbonyl (C=O) groups is 1. The molecule has 0 saturated carbocycles. The first kappa shape index (κ1) is 27.1. The largest absolute Gasteiger partial charge is 0.478 e. The molecule has 0 saturated heterocycles. The smallest absolute Gasteiger partial charge is 0.335 e. The summed E-state index contributed by atoms with van der Waals surface area (Å²) in [6, 6.07) is 11.8. The highest BCUT2D eigenvalue weighted by atomic mass is 32.2. The normalized spacial score (nSPS) is 12.7. The average Bonchev–Trinajstić information content (AvgIpc) is 2.76. The highest BCUT2D eigenvalue weighted by Crippen LogP contribution is 2.29. The van der Waals surface area contributed by atoms with E-state index in [1.165, 1.54) is 18.2 Å². The van der Waals surface area contributed by atoms with Gasteiger partial charge < -0.3 is 20.7 Å². The second kappa shape index (κ2) is 10.6. The lowest BCUT2D eigenvalue weighted by Crippen LogP contribution is -2.36. The second-order valence-electron chi connectivity index (χ2n) is 9.21. The number of aliphatic hydroxyl groups is 1. The van der Waals surface area contributed by atoms with Crippen molar-refractivity contribution in [3.05, 3.63) is 65.2 Å². The third-order valence-electron chi connectivity index (χ3n) is 5.26. The molecular formula is C25H30N4O6S. The van der Waals surface area contributed by atoms with Gasteiger partial charge in [0.1, 0.15) is 6.61 Å². The highest BCUT2D eigenvalue weighted by molar-refractivity contribution is 7.92. The van der Waals surface area contributed by atoms with Crippen molar-refractivity contribution in [1.82, 2.24) is 9.97 Å². The van der Waals surface area contributed by atoms with Crippen molar-refractivity contribution in [1.29, 1.82) is 0 Å². The maximum absolute atomic E-state index is 13.0. The topological polar surface area (TPSA) is 165 Å². The summed E-state index contributed by atoms with van der Waals surface area (Å²) in [7, 11) is -4.21. The van der Waals surface area contributed by atoms with Gasteiger partial charge in [0.15, 0.2) is 0 Å². The van der Waals surface area contributed by atoms with Crippen LogP contribution in [0.2, 0.25) is 0 Å². The van der Waals surface area contributed by atoms with Crippen LogP contribution in [0.25, 0.3) is 11.3 Å².